The van der Waals surface area contributed by atoms with Gasteiger partial charge in [-0.3, -0.25) is 4.79 Å². The number of carbonyl (C=O) groups is 2. The minimum Gasteiger partial charge on any atom is -0.476 e. The molecular formula is C13H10FNO3S. The molecule has 2 aromatic rings. The van der Waals surface area contributed by atoms with Gasteiger partial charge in [0.1, 0.15) is 15.7 Å². The maximum atomic E-state index is 13.5. The smallest absolute Gasteiger partial charge is 0.356 e. The number of carboxylic acids is 1. The molecule has 0 atom stereocenters. The van der Waals surface area contributed by atoms with Crippen molar-refractivity contribution in [1.29, 1.82) is 0 Å². The second-order valence-corrected chi connectivity index (χ2v) is 5.02. The molecule has 1 heterocycles. The number of aryl methyl sites for hydroxylation is 1. The first kappa shape index (κ1) is 13.4. The molecule has 0 spiro atoms. The zero-order valence-corrected chi connectivity index (χ0v) is 11.0. The lowest BCUT2D eigenvalue weighted by Gasteiger charge is -1.99. The molecule has 4 nitrogen and oxygen atoms in total. The number of hydrogen-bond acceptors (Lipinski definition) is 4. The van der Waals surface area contributed by atoms with Crippen LogP contribution in [0.15, 0.2) is 18.2 Å². The van der Waals surface area contributed by atoms with Crippen LogP contribution >= 0.6 is 11.3 Å². The zero-order valence-electron chi connectivity index (χ0n) is 10.2. The Labute approximate surface area is 112 Å². The Morgan fingerprint density at radius 2 is 2.05 bits per heavy atom. The van der Waals surface area contributed by atoms with Gasteiger partial charge in [0.2, 0.25) is 0 Å². The zero-order chi connectivity index (χ0) is 14.2. The maximum Gasteiger partial charge on any atom is 0.356 e. The molecule has 0 saturated carbocycles. The highest BCUT2D eigenvalue weighted by atomic mass is 32.1. The topological polar surface area (TPSA) is 67.3 Å². The van der Waals surface area contributed by atoms with E-state index < -0.39 is 11.8 Å². The number of carbonyl (C=O) groups excluding carboxylic acids is 1. The number of benzene rings is 1. The van der Waals surface area contributed by atoms with Crippen LogP contribution < -0.4 is 0 Å². The standard InChI is InChI=1S/C13H10FNO3S/c1-6-3-4-8(5-9(6)14)12-15-10(13(17)18)11(19-12)7(2)16/h3-5H,1-2H3,(H,17,18). The van der Waals surface area contributed by atoms with Crippen molar-refractivity contribution < 1.29 is 19.1 Å². The largest absolute Gasteiger partial charge is 0.476 e. The summed E-state index contributed by atoms with van der Waals surface area (Å²) in [5.41, 5.74) is 0.669. The van der Waals surface area contributed by atoms with Gasteiger partial charge in [0.05, 0.1) is 0 Å². The number of hydrogen-bond donors (Lipinski definition) is 1. The highest BCUT2D eigenvalue weighted by Crippen LogP contribution is 2.29. The minimum absolute atomic E-state index is 0.0727. The lowest BCUT2D eigenvalue weighted by molar-refractivity contribution is 0.0687. The van der Waals surface area contributed by atoms with Crippen molar-refractivity contribution in [3.05, 3.63) is 40.2 Å². The molecule has 0 radical (unpaired) electrons. The van der Waals surface area contributed by atoms with E-state index in [-0.39, 0.29) is 16.4 Å². The summed E-state index contributed by atoms with van der Waals surface area (Å²) in [5, 5.41) is 9.31. The third-order valence-corrected chi connectivity index (χ3v) is 3.77. The number of aromatic nitrogens is 1. The number of Topliss-reactive ketones (excluding diaryl/α,β-unsaturated/α-hetero) is 1. The average molecular weight is 279 g/mol. The number of aromatic carboxylic acids is 1. The summed E-state index contributed by atoms with van der Waals surface area (Å²) in [7, 11) is 0. The molecule has 0 amide bonds. The molecule has 0 fully saturated rings. The van der Waals surface area contributed by atoms with Crippen LogP contribution in [-0.2, 0) is 0 Å². The molecule has 98 valence electrons. The van der Waals surface area contributed by atoms with Crippen LogP contribution in [0.2, 0.25) is 0 Å². The van der Waals surface area contributed by atoms with Crippen molar-refractivity contribution in [1.82, 2.24) is 4.98 Å². The van der Waals surface area contributed by atoms with Gasteiger partial charge in [-0.15, -0.1) is 11.3 Å². The fourth-order valence-corrected chi connectivity index (χ4v) is 2.50. The van der Waals surface area contributed by atoms with Gasteiger partial charge in [0.15, 0.2) is 11.5 Å². The summed E-state index contributed by atoms with van der Waals surface area (Å²) in [4.78, 5) is 26.4. The molecule has 0 bridgehead atoms. The van der Waals surface area contributed by atoms with E-state index in [9.17, 15) is 14.0 Å². The molecule has 0 saturated heterocycles. The first-order valence-corrected chi connectivity index (χ1v) is 6.23. The van der Waals surface area contributed by atoms with E-state index in [4.69, 9.17) is 5.11 Å². The number of ketones is 1. The highest BCUT2D eigenvalue weighted by molar-refractivity contribution is 7.17. The van der Waals surface area contributed by atoms with Gasteiger partial charge in [-0.25, -0.2) is 14.2 Å². The van der Waals surface area contributed by atoms with Crippen LogP contribution in [-0.4, -0.2) is 21.8 Å². The predicted molar refractivity (Wildman–Crippen MR) is 69.2 cm³/mol. The van der Waals surface area contributed by atoms with Crippen LogP contribution in [0.4, 0.5) is 4.39 Å². The molecule has 0 unspecified atom stereocenters. The summed E-state index contributed by atoms with van der Waals surface area (Å²) in [5.74, 6) is -2.03. The van der Waals surface area contributed by atoms with Gasteiger partial charge in [-0.2, -0.15) is 0 Å². The lowest BCUT2D eigenvalue weighted by atomic mass is 10.1. The number of nitrogens with zero attached hydrogens (tertiary/aromatic N) is 1. The van der Waals surface area contributed by atoms with Gasteiger partial charge in [-0.1, -0.05) is 12.1 Å². The molecule has 0 aliphatic carbocycles. The minimum atomic E-state index is -1.26. The fourth-order valence-electron chi connectivity index (χ4n) is 1.55. The summed E-state index contributed by atoms with van der Waals surface area (Å²) >= 11 is 0.955. The van der Waals surface area contributed by atoms with E-state index in [1.165, 1.54) is 13.0 Å². The summed E-state index contributed by atoms with van der Waals surface area (Å²) in [6.45, 7) is 2.91. The number of halogens is 1. The molecule has 0 aliphatic rings. The van der Waals surface area contributed by atoms with Gasteiger partial charge >= 0.3 is 5.97 Å². The third kappa shape index (κ3) is 2.53. The quantitative estimate of drug-likeness (QED) is 0.876. The normalized spacial score (nSPS) is 10.5. The van der Waals surface area contributed by atoms with E-state index in [0.29, 0.717) is 16.1 Å². The molecule has 1 aromatic heterocycles. The lowest BCUT2D eigenvalue weighted by Crippen LogP contribution is -2.03. The summed E-state index contributed by atoms with van der Waals surface area (Å²) in [6.07, 6.45) is 0. The van der Waals surface area contributed by atoms with Gasteiger partial charge in [0, 0.05) is 12.5 Å². The van der Waals surface area contributed by atoms with Gasteiger partial charge in [0.25, 0.3) is 0 Å². The summed E-state index contributed by atoms with van der Waals surface area (Å²) < 4.78 is 13.5. The van der Waals surface area contributed by atoms with Crippen LogP contribution in [0.25, 0.3) is 10.6 Å². The Kier molecular flexibility index (Phi) is 3.44. The Morgan fingerprint density at radius 3 is 2.53 bits per heavy atom. The van der Waals surface area contributed by atoms with Crippen molar-refractivity contribution in [2.24, 2.45) is 0 Å². The Bertz CT molecular complexity index is 647. The van der Waals surface area contributed by atoms with E-state index in [1.807, 2.05) is 0 Å². The van der Waals surface area contributed by atoms with E-state index in [0.717, 1.165) is 11.3 Å². The predicted octanol–water partition coefficient (Wildman–Crippen LogP) is 3.16. The number of carboxylic acid groups (broad SMARTS) is 1. The fraction of sp³-hybridized carbons (Fsp3) is 0.154. The van der Waals surface area contributed by atoms with Gasteiger partial charge < -0.3 is 5.11 Å². The molecule has 19 heavy (non-hydrogen) atoms. The number of rotatable bonds is 3. The second-order valence-electron chi connectivity index (χ2n) is 4.02. The van der Waals surface area contributed by atoms with Crippen molar-refractivity contribution in [3.63, 3.8) is 0 Å². The first-order chi connectivity index (χ1) is 8.90. The van der Waals surface area contributed by atoms with Crippen molar-refractivity contribution in [2.75, 3.05) is 0 Å². The Hall–Kier alpha value is -2.08. The first-order valence-electron chi connectivity index (χ1n) is 5.41. The van der Waals surface area contributed by atoms with Crippen molar-refractivity contribution in [3.8, 4) is 10.6 Å². The molecule has 0 aliphatic heterocycles. The summed E-state index contributed by atoms with van der Waals surface area (Å²) in [6, 6.07) is 4.51. The van der Waals surface area contributed by atoms with Crippen molar-refractivity contribution in [2.45, 2.75) is 13.8 Å². The third-order valence-electron chi connectivity index (χ3n) is 2.57. The molecule has 6 heteroatoms. The monoisotopic (exact) mass is 279 g/mol. The van der Waals surface area contributed by atoms with Crippen LogP contribution in [0.3, 0.4) is 0 Å². The Morgan fingerprint density at radius 1 is 1.37 bits per heavy atom. The second kappa shape index (κ2) is 4.89. The maximum absolute atomic E-state index is 13.5. The average Bonchev–Trinajstić information content (AvgIpc) is 2.78. The molecule has 1 N–H and O–H groups in total. The van der Waals surface area contributed by atoms with E-state index in [1.54, 1.807) is 19.1 Å². The van der Waals surface area contributed by atoms with Crippen LogP contribution in [0, 0.1) is 12.7 Å². The van der Waals surface area contributed by atoms with Gasteiger partial charge in [-0.05, 0) is 18.6 Å². The van der Waals surface area contributed by atoms with Crippen LogP contribution in [0.5, 0.6) is 0 Å². The molecule has 1 aromatic carbocycles. The molecule has 2 rings (SSSR count). The Balaban J connectivity index is 2.57. The van der Waals surface area contributed by atoms with E-state index in [2.05, 4.69) is 4.98 Å². The van der Waals surface area contributed by atoms with Crippen LogP contribution in [0.1, 0.15) is 32.6 Å². The SMILES string of the molecule is CC(=O)c1sc(-c2ccc(C)c(F)c2)nc1C(=O)O. The van der Waals surface area contributed by atoms with E-state index >= 15 is 0 Å². The van der Waals surface area contributed by atoms with Crippen molar-refractivity contribution >= 4 is 23.1 Å². The number of thiazole rings is 1. The molecular weight excluding hydrogens is 269 g/mol. The highest BCUT2D eigenvalue weighted by Gasteiger charge is 2.21.